The van der Waals surface area contributed by atoms with Gasteiger partial charge in [-0.1, -0.05) is 31.4 Å². The van der Waals surface area contributed by atoms with Crippen LogP contribution in [-0.4, -0.2) is 33.7 Å². The average Bonchev–Trinajstić information content (AvgIpc) is 2.52. The van der Waals surface area contributed by atoms with Crippen LogP contribution in [0.2, 0.25) is 0 Å². The number of aliphatic imine (C=N–C) groups is 1. The lowest BCUT2D eigenvalue weighted by molar-refractivity contribution is 0.410. The maximum atomic E-state index is 11.4. The molecule has 0 atom stereocenters. The predicted molar refractivity (Wildman–Crippen MR) is 89.8 cm³/mol. The molecule has 1 aromatic rings. The van der Waals surface area contributed by atoms with Crippen molar-refractivity contribution < 1.29 is 8.42 Å². The Morgan fingerprint density at radius 1 is 1.18 bits per heavy atom. The summed E-state index contributed by atoms with van der Waals surface area (Å²) in [7, 11) is -1.36. The molecule has 0 saturated heterocycles. The van der Waals surface area contributed by atoms with Gasteiger partial charge in [0.1, 0.15) is 0 Å². The molecule has 0 unspecified atom stereocenters. The minimum atomic E-state index is -3.13. The van der Waals surface area contributed by atoms with Crippen molar-refractivity contribution >= 4 is 15.8 Å². The van der Waals surface area contributed by atoms with Crippen LogP contribution in [-0.2, 0) is 16.4 Å². The zero-order valence-electron chi connectivity index (χ0n) is 13.3. The molecule has 0 radical (unpaired) electrons. The minimum absolute atomic E-state index is 0.348. The molecule has 0 heterocycles. The second-order valence-electron chi connectivity index (χ2n) is 5.82. The lowest BCUT2D eigenvalue weighted by Crippen LogP contribution is -2.43. The summed E-state index contributed by atoms with van der Waals surface area (Å²) in [5, 5.41) is 6.74. The first-order valence-electron chi connectivity index (χ1n) is 7.75. The van der Waals surface area contributed by atoms with E-state index in [-0.39, 0.29) is 0 Å². The highest BCUT2D eigenvalue weighted by Crippen LogP contribution is 2.17. The highest BCUT2D eigenvalue weighted by Gasteiger charge is 2.14. The average molecular weight is 323 g/mol. The van der Waals surface area contributed by atoms with Gasteiger partial charge in [-0.2, -0.15) is 0 Å². The van der Waals surface area contributed by atoms with E-state index >= 15 is 0 Å². The van der Waals surface area contributed by atoms with Gasteiger partial charge in [0.05, 0.1) is 4.90 Å². The smallest absolute Gasteiger partial charge is 0.191 e. The summed E-state index contributed by atoms with van der Waals surface area (Å²) < 4.78 is 22.9. The van der Waals surface area contributed by atoms with E-state index < -0.39 is 9.84 Å². The number of guanidine groups is 1. The number of rotatable bonds is 4. The second-order valence-corrected chi connectivity index (χ2v) is 7.84. The Kier molecular flexibility index (Phi) is 5.83. The van der Waals surface area contributed by atoms with Crippen molar-refractivity contribution in [1.29, 1.82) is 0 Å². The van der Waals surface area contributed by atoms with E-state index in [1.165, 1.54) is 38.4 Å². The van der Waals surface area contributed by atoms with Crippen molar-refractivity contribution in [1.82, 2.24) is 10.6 Å². The first-order valence-corrected chi connectivity index (χ1v) is 9.64. The number of hydrogen-bond acceptors (Lipinski definition) is 3. The van der Waals surface area contributed by atoms with Gasteiger partial charge in [0.2, 0.25) is 0 Å². The highest BCUT2D eigenvalue weighted by atomic mass is 32.2. The first kappa shape index (κ1) is 16.8. The van der Waals surface area contributed by atoms with E-state index in [1.54, 1.807) is 19.2 Å². The van der Waals surface area contributed by atoms with Gasteiger partial charge in [-0.15, -0.1) is 0 Å². The Morgan fingerprint density at radius 3 is 2.36 bits per heavy atom. The number of hydrogen-bond donors (Lipinski definition) is 2. The molecule has 2 N–H and O–H groups in total. The molecule has 0 aliphatic heterocycles. The van der Waals surface area contributed by atoms with Crippen LogP contribution in [0.4, 0.5) is 0 Å². The van der Waals surface area contributed by atoms with E-state index in [0.717, 1.165) is 11.5 Å². The van der Waals surface area contributed by atoms with E-state index in [9.17, 15) is 8.42 Å². The quantitative estimate of drug-likeness (QED) is 0.657. The number of nitrogens with one attached hydrogen (secondary N) is 2. The molecule has 0 aromatic heterocycles. The third-order valence-corrected chi connectivity index (χ3v) is 5.11. The van der Waals surface area contributed by atoms with Gasteiger partial charge in [0.15, 0.2) is 15.8 Å². The summed E-state index contributed by atoms with van der Waals surface area (Å²) in [5.41, 5.74) is 1.03. The maximum Gasteiger partial charge on any atom is 0.191 e. The van der Waals surface area contributed by atoms with Gasteiger partial charge in [-0.25, -0.2) is 8.42 Å². The Morgan fingerprint density at radius 2 is 1.82 bits per heavy atom. The van der Waals surface area contributed by atoms with Gasteiger partial charge < -0.3 is 10.6 Å². The Bertz CT molecular complexity index is 603. The van der Waals surface area contributed by atoms with Gasteiger partial charge in [0, 0.05) is 25.9 Å². The van der Waals surface area contributed by atoms with Crippen molar-refractivity contribution in [3.05, 3.63) is 29.8 Å². The Balaban J connectivity index is 1.87. The van der Waals surface area contributed by atoms with Crippen molar-refractivity contribution in [2.24, 2.45) is 4.99 Å². The van der Waals surface area contributed by atoms with Crippen LogP contribution < -0.4 is 10.6 Å². The van der Waals surface area contributed by atoms with Crippen LogP contribution in [0.1, 0.15) is 37.7 Å². The molecule has 0 bridgehead atoms. The molecule has 122 valence electrons. The molecule has 22 heavy (non-hydrogen) atoms. The van der Waals surface area contributed by atoms with Crippen LogP contribution >= 0.6 is 0 Å². The maximum absolute atomic E-state index is 11.4. The van der Waals surface area contributed by atoms with Crippen LogP contribution in [0.3, 0.4) is 0 Å². The Labute approximate surface area is 133 Å². The topological polar surface area (TPSA) is 70.6 Å². The third kappa shape index (κ3) is 5.02. The molecular weight excluding hydrogens is 298 g/mol. The fourth-order valence-electron chi connectivity index (χ4n) is 2.68. The molecule has 1 aliphatic rings. The van der Waals surface area contributed by atoms with Gasteiger partial charge in [-0.05, 0) is 30.5 Å². The largest absolute Gasteiger partial charge is 0.354 e. The van der Waals surface area contributed by atoms with Gasteiger partial charge in [-0.3, -0.25) is 4.99 Å². The molecule has 1 aromatic carbocycles. The van der Waals surface area contributed by atoms with Crippen LogP contribution in [0.5, 0.6) is 0 Å². The van der Waals surface area contributed by atoms with E-state index in [4.69, 9.17) is 0 Å². The molecule has 0 amide bonds. The second kappa shape index (κ2) is 7.63. The van der Waals surface area contributed by atoms with E-state index in [0.29, 0.717) is 17.5 Å². The molecular formula is C16H25N3O2S. The lowest BCUT2D eigenvalue weighted by Gasteiger charge is -2.24. The molecule has 1 fully saturated rings. The zero-order chi connectivity index (χ0) is 16.0. The zero-order valence-corrected chi connectivity index (χ0v) is 14.1. The first-order chi connectivity index (χ1) is 10.5. The van der Waals surface area contributed by atoms with Crippen molar-refractivity contribution in [3.8, 4) is 0 Å². The van der Waals surface area contributed by atoms with Gasteiger partial charge in [0.25, 0.3) is 0 Å². The predicted octanol–water partition coefficient (Wildman–Crippen LogP) is 2.09. The summed E-state index contributed by atoms with van der Waals surface area (Å²) >= 11 is 0. The van der Waals surface area contributed by atoms with E-state index in [1.807, 2.05) is 12.1 Å². The highest BCUT2D eigenvalue weighted by molar-refractivity contribution is 7.90. The van der Waals surface area contributed by atoms with Crippen molar-refractivity contribution in [2.75, 3.05) is 13.3 Å². The third-order valence-electron chi connectivity index (χ3n) is 3.98. The summed E-state index contributed by atoms with van der Waals surface area (Å²) in [5.74, 6) is 0.805. The number of benzene rings is 1. The summed E-state index contributed by atoms with van der Waals surface area (Å²) in [6, 6.07) is 7.45. The number of sulfone groups is 1. The van der Waals surface area contributed by atoms with E-state index in [2.05, 4.69) is 15.6 Å². The minimum Gasteiger partial charge on any atom is -0.354 e. The van der Waals surface area contributed by atoms with Crippen molar-refractivity contribution in [3.63, 3.8) is 0 Å². The molecule has 6 heteroatoms. The summed E-state index contributed by atoms with van der Waals surface area (Å²) in [6.07, 6.45) is 7.50. The van der Waals surface area contributed by atoms with Crippen LogP contribution in [0.25, 0.3) is 0 Å². The molecule has 1 aliphatic carbocycles. The molecule has 1 saturated carbocycles. The standard InChI is InChI=1S/C16H25N3O2S/c1-17-16(19-14-6-4-3-5-7-14)18-12-13-8-10-15(11-9-13)22(2,20)21/h8-11,14H,3-7,12H2,1-2H3,(H2,17,18,19). The fourth-order valence-corrected chi connectivity index (χ4v) is 3.31. The Hall–Kier alpha value is -1.56. The SMILES string of the molecule is CN=C(NCc1ccc(S(C)(=O)=O)cc1)NC1CCCCC1. The summed E-state index contributed by atoms with van der Waals surface area (Å²) in [6.45, 7) is 0.621. The molecule has 5 nitrogen and oxygen atoms in total. The number of nitrogens with zero attached hydrogens (tertiary/aromatic N) is 1. The van der Waals surface area contributed by atoms with Crippen LogP contribution in [0.15, 0.2) is 34.2 Å². The lowest BCUT2D eigenvalue weighted by atomic mass is 9.96. The fraction of sp³-hybridized carbons (Fsp3) is 0.562. The van der Waals surface area contributed by atoms with Crippen LogP contribution in [0, 0.1) is 0 Å². The van der Waals surface area contributed by atoms with Crippen molar-refractivity contribution in [2.45, 2.75) is 49.6 Å². The molecule has 2 rings (SSSR count). The monoisotopic (exact) mass is 323 g/mol. The van der Waals surface area contributed by atoms with Gasteiger partial charge >= 0.3 is 0 Å². The summed E-state index contributed by atoms with van der Waals surface area (Å²) in [4.78, 5) is 4.60. The normalized spacial score (nSPS) is 17.3. The molecule has 0 spiro atoms.